The first-order chi connectivity index (χ1) is 12.8. The molecule has 1 amide bonds. The Labute approximate surface area is 160 Å². The van der Waals surface area contributed by atoms with E-state index in [0.717, 1.165) is 9.87 Å². The van der Waals surface area contributed by atoms with Crippen molar-refractivity contribution >= 4 is 15.9 Å². The first kappa shape index (κ1) is 20.5. The summed E-state index contributed by atoms with van der Waals surface area (Å²) in [7, 11) is -0.577. The standard InChI is InChI=1S/C20H22N2O4S/c1-4-15-26-18-9-5-16(6-10-18)13-14-21-20(23)17-7-11-19(12-8-17)27(24,25)22(2)3/h1,5-12H,13-15H2,2-3H3,(H,21,23). The maximum absolute atomic E-state index is 12.2. The molecule has 0 aliphatic carbocycles. The highest BCUT2D eigenvalue weighted by molar-refractivity contribution is 7.89. The Balaban J connectivity index is 1.88. The average Bonchev–Trinajstić information content (AvgIpc) is 2.67. The van der Waals surface area contributed by atoms with Gasteiger partial charge >= 0.3 is 0 Å². The molecule has 0 heterocycles. The van der Waals surface area contributed by atoms with Crippen molar-refractivity contribution in [1.82, 2.24) is 9.62 Å². The van der Waals surface area contributed by atoms with Crippen LogP contribution in [0, 0.1) is 12.3 Å². The Morgan fingerprint density at radius 2 is 1.74 bits per heavy atom. The molecule has 142 valence electrons. The number of rotatable bonds is 8. The van der Waals surface area contributed by atoms with E-state index in [1.54, 1.807) is 0 Å². The number of terminal acetylenes is 1. The van der Waals surface area contributed by atoms with Crippen molar-refractivity contribution in [3.05, 3.63) is 59.7 Å². The van der Waals surface area contributed by atoms with E-state index in [1.165, 1.54) is 38.4 Å². The maximum atomic E-state index is 12.2. The largest absolute Gasteiger partial charge is 0.481 e. The van der Waals surface area contributed by atoms with Gasteiger partial charge in [0.25, 0.3) is 5.91 Å². The molecule has 27 heavy (non-hydrogen) atoms. The van der Waals surface area contributed by atoms with Crippen molar-refractivity contribution in [1.29, 1.82) is 0 Å². The summed E-state index contributed by atoms with van der Waals surface area (Å²) in [5, 5.41) is 2.82. The van der Waals surface area contributed by atoms with Gasteiger partial charge in [0.2, 0.25) is 10.0 Å². The first-order valence-corrected chi connectivity index (χ1v) is 9.74. The lowest BCUT2D eigenvalue weighted by Crippen LogP contribution is -2.26. The molecule has 0 saturated heterocycles. The van der Waals surface area contributed by atoms with E-state index >= 15 is 0 Å². The van der Waals surface area contributed by atoms with Gasteiger partial charge in [0.1, 0.15) is 12.4 Å². The topological polar surface area (TPSA) is 75.7 Å². The van der Waals surface area contributed by atoms with Crippen molar-refractivity contribution in [2.75, 3.05) is 27.2 Å². The lowest BCUT2D eigenvalue weighted by Gasteiger charge is -2.11. The van der Waals surface area contributed by atoms with Crippen molar-refractivity contribution in [2.45, 2.75) is 11.3 Å². The third kappa shape index (κ3) is 5.58. The van der Waals surface area contributed by atoms with E-state index < -0.39 is 10.0 Å². The second-order valence-electron chi connectivity index (χ2n) is 5.95. The molecule has 2 aromatic rings. The molecule has 1 N–H and O–H groups in total. The Morgan fingerprint density at radius 1 is 1.11 bits per heavy atom. The molecule has 0 unspecified atom stereocenters. The summed E-state index contributed by atoms with van der Waals surface area (Å²) < 4.78 is 30.5. The summed E-state index contributed by atoms with van der Waals surface area (Å²) in [6.07, 6.45) is 5.80. The summed E-state index contributed by atoms with van der Waals surface area (Å²) in [4.78, 5) is 12.3. The third-order valence-electron chi connectivity index (χ3n) is 3.84. The van der Waals surface area contributed by atoms with Gasteiger partial charge in [0.15, 0.2) is 0 Å². The molecule has 0 aliphatic rings. The fourth-order valence-electron chi connectivity index (χ4n) is 2.29. The van der Waals surface area contributed by atoms with Crippen LogP contribution in [0.15, 0.2) is 53.4 Å². The van der Waals surface area contributed by atoms with E-state index in [1.807, 2.05) is 24.3 Å². The number of ether oxygens (including phenoxy) is 1. The Morgan fingerprint density at radius 3 is 2.30 bits per heavy atom. The number of sulfonamides is 1. The zero-order chi connectivity index (χ0) is 19.9. The quantitative estimate of drug-likeness (QED) is 0.704. The molecule has 2 rings (SSSR count). The number of carbonyl (C=O) groups is 1. The number of benzene rings is 2. The second-order valence-corrected chi connectivity index (χ2v) is 8.11. The summed E-state index contributed by atoms with van der Waals surface area (Å²) in [5.74, 6) is 2.85. The number of hydrogen-bond acceptors (Lipinski definition) is 4. The van der Waals surface area contributed by atoms with Crippen LogP contribution in [0.3, 0.4) is 0 Å². The molecular formula is C20H22N2O4S. The highest BCUT2D eigenvalue weighted by Crippen LogP contribution is 2.14. The zero-order valence-corrected chi connectivity index (χ0v) is 16.1. The molecule has 0 aliphatic heterocycles. The van der Waals surface area contributed by atoms with Gasteiger partial charge in [-0.05, 0) is 48.4 Å². The Bertz CT molecular complexity index is 912. The zero-order valence-electron chi connectivity index (χ0n) is 15.3. The smallest absolute Gasteiger partial charge is 0.251 e. The van der Waals surface area contributed by atoms with E-state index in [9.17, 15) is 13.2 Å². The van der Waals surface area contributed by atoms with Crippen molar-refractivity contribution < 1.29 is 17.9 Å². The minimum atomic E-state index is -3.50. The molecule has 0 spiro atoms. The maximum Gasteiger partial charge on any atom is 0.251 e. The summed E-state index contributed by atoms with van der Waals surface area (Å²) in [6, 6.07) is 13.4. The molecular weight excluding hydrogens is 364 g/mol. The van der Waals surface area contributed by atoms with Crippen molar-refractivity contribution in [3.63, 3.8) is 0 Å². The Hall–Kier alpha value is -2.82. The molecule has 7 heteroatoms. The summed E-state index contributed by atoms with van der Waals surface area (Å²) in [5.41, 5.74) is 1.46. The molecule has 0 aromatic heterocycles. The van der Waals surface area contributed by atoms with Gasteiger partial charge in [-0.25, -0.2) is 12.7 Å². The van der Waals surface area contributed by atoms with Crippen LogP contribution in [-0.2, 0) is 16.4 Å². The Kier molecular flexibility index (Phi) is 6.99. The molecule has 6 nitrogen and oxygen atoms in total. The van der Waals surface area contributed by atoms with Crippen LogP contribution in [-0.4, -0.2) is 45.9 Å². The van der Waals surface area contributed by atoms with Crippen LogP contribution in [0.1, 0.15) is 15.9 Å². The lowest BCUT2D eigenvalue weighted by atomic mass is 10.1. The summed E-state index contributed by atoms with van der Waals surface area (Å²) in [6.45, 7) is 0.686. The van der Waals surface area contributed by atoms with E-state index in [-0.39, 0.29) is 17.4 Å². The SMILES string of the molecule is C#CCOc1ccc(CCNC(=O)c2ccc(S(=O)(=O)N(C)C)cc2)cc1. The minimum absolute atomic E-state index is 0.149. The predicted octanol–water partition coefficient (Wildman–Crippen LogP) is 1.92. The number of carbonyl (C=O) groups excluding carboxylic acids is 1. The molecule has 0 fully saturated rings. The summed E-state index contributed by atoms with van der Waals surface area (Å²) >= 11 is 0. The fourth-order valence-corrected chi connectivity index (χ4v) is 3.19. The molecule has 0 atom stereocenters. The van der Waals surface area contributed by atoms with Crippen LogP contribution >= 0.6 is 0 Å². The predicted molar refractivity (Wildman–Crippen MR) is 104 cm³/mol. The first-order valence-electron chi connectivity index (χ1n) is 8.30. The highest BCUT2D eigenvalue weighted by atomic mass is 32.2. The molecule has 0 saturated carbocycles. The second kappa shape index (κ2) is 9.21. The van der Waals surface area contributed by atoms with Crippen LogP contribution in [0.25, 0.3) is 0 Å². The number of nitrogens with zero attached hydrogens (tertiary/aromatic N) is 1. The average molecular weight is 386 g/mol. The van der Waals surface area contributed by atoms with Gasteiger partial charge in [-0.1, -0.05) is 18.1 Å². The lowest BCUT2D eigenvalue weighted by molar-refractivity contribution is 0.0954. The number of amides is 1. The van der Waals surface area contributed by atoms with Crippen LogP contribution in [0.5, 0.6) is 5.75 Å². The van der Waals surface area contributed by atoms with Gasteiger partial charge in [0.05, 0.1) is 4.90 Å². The normalized spacial score (nSPS) is 11.0. The van der Waals surface area contributed by atoms with Gasteiger partial charge in [-0.15, -0.1) is 6.42 Å². The van der Waals surface area contributed by atoms with Crippen molar-refractivity contribution in [3.8, 4) is 18.1 Å². The number of hydrogen-bond donors (Lipinski definition) is 1. The molecule has 2 aromatic carbocycles. The van der Waals surface area contributed by atoms with E-state index in [2.05, 4.69) is 11.2 Å². The molecule has 0 bridgehead atoms. The van der Waals surface area contributed by atoms with Crippen LogP contribution in [0.4, 0.5) is 0 Å². The third-order valence-corrected chi connectivity index (χ3v) is 5.67. The fraction of sp³-hybridized carbons (Fsp3) is 0.250. The molecule has 0 radical (unpaired) electrons. The van der Waals surface area contributed by atoms with Gasteiger partial charge in [-0.3, -0.25) is 4.79 Å². The van der Waals surface area contributed by atoms with Crippen LogP contribution in [0.2, 0.25) is 0 Å². The van der Waals surface area contributed by atoms with E-state index in [0.29, 0.717) is 24.3 Å². The van der Waals surface area contributed by atoms with Gasteiger partial charge in [0, 0.05) is 26.2 Å². The van der Waals surface area contributed by atoms with Crippen molar-refractivity contribution in [2.24, 2.45) is 0 Å². The highest BCUT2D eigenvalue weighted by Gasteiger charge is 2.17. The number of nitrogens with one attached hydrogen (secondary N) is 1. The van der Waals surface area contributed by atoms with Crippen LogP contribution < -0.4 is 10.1 Å². The van der Waals surface area contributed by atoms with Gasteiger partial charge < -0.3 is 10.1 Å². The monoisotopic (exact) mass is 386 g/mol. The minimum Gasteiger partial charge on any atom is -0.481 e. The van der Waals surface area contributed by atoms with Gasteiger partial charge in [-0.2, -0.15) is 0 Å². The van der Waals surface area contributed by atoms with E-state index in [4.69, 9.17) is 11.2 Å².